The predicted octanol–water partition coefficient (Wildman–Crippen LogP) is 3.04. The SMILES string of the molecule is CC(C)CNC(=S)Nc1ccc(C(F)(F)F)nc1. The average Bonchev–Trinajstić information content (AvgIpc) is 2.26. The molecule has 0 fully saturated rings. The van der Waals surface area contributed by atoms with Gasteiger partial charge in [0.2, 0.25) is 0 Å². The third kappa shape index (κ3) is 4.87. The summed E-state index contributed by atoms with van der Waals surface area (Å²) in [5.41, 5.74) is -0.502. The van der Waals surface area contributed by atoms with Gasteiger partial charge < -0.3 is 10.6 Å². The van der Waals surface area contributed by atoms with Gasteiger partial charge in [-0.3, -0.25) is 0 Å². The van der Waals surface area contributed by atoms with E-state index in [4.69, 9.17) is 12.2 Å². The molecular weight excluding hydrogens is 263 g/mol. The molecule has 0 radical (unpaired) electrons. The van der Waals surface area contributed by atoms with E-state index in [0.717, 1.165) is 12.3 Å². The van der Waals surface area contributed by atoms with Crippen molar-refractivity contribution in [3.8, 4) is 0 Å². The highest BCUT2D eigenvalue weighted by Crippen LogP contribution is 2.27. The van der Waals surface area contributed by atoms with E-state index in [-0.39, 0.29) is 0 Å². The van der Waals surface area contributed by atoms with Gasteiger partial charge in [0.05, 0.1) is 11.9 Å². The normalized spacial score (nSPS) is 11.4. The standard InChI is InChI=1S/C11H14F3N3S/c1-7(2)5-16-10(18)17-8-3-4-9(15-6-8)11(12,13)14/h3-4,6-7H,5H2,1-2H3,(H2,16,17,18). The Morgan fingerprint density at radius 2 is 2.06 bits per heavy atom. The number of nitrogens with one attached hydrogen (secondary N) is 2. The molecule has 0 aliphatic heterocycles. The van der Waals surface area contributed by atoms with Gasteiger partial charge in [0.25, 0.3) is 0 Å². The Morgan fingerprint density at radius 1 is 1.39 bits per heavy atom. The summed E-state index contributed by atoms with van der Waals surface area (Å²) in [5, 5.41) is 6.08. The van der Waals surface area contributed by atoms with Gasteiger partial charge in [-0.05, 0) is 30.3 Å². The molecule has 1 heterocycles. The van der Waals surface area contributed by atoms with Crippen LogP contribution in [0.1, 0.15) is 19.5 Å². The third-order valence-electron chi connectivity index (χ3n) is 1.98. The van der Waals surface area contributed by atoms with E-state index in [9.17, 15) is 13.2 Å². The number of anilines is 1. The fraction of sp³-hybridized carbons (Fsp3) is 0.455. The van der Waals surface area contributed by atoms with Crippen LogP contribution in [0.2, 0.25) is 0 Å². The zero-order valence-corrected chi connectivity index (χ0v) is 10.8. The topological polar surface area (TPSA) is 37.0 Å². The van der Waals surface area contributed by atoms with Gasteiger partial charge in [0.15, 0.2) is 5.11 Å². The molecule has 0 bridgehead atoms. The molecule has 0 amide bonds. The minimum absolute atomic E-state index is 0.366. The number of aromatic nitrogens is 1. The Labute approximate surface area is 109 Å². The summed E-state index contributed by atoms with van der Waals surface area (Å²) < 4.78 is 36.8. The van der Waals surface area contributed by atoms with E-state index in [1.54, 1.807) is 0 Å². The van der Waals surface area contributed by atoms with Crippen LogP contribution < -0.4 is 10.6 Å². The maximum absolute atomic E-state index is 12.3. The predicted molar refractivity (Wildman–Crippen MR) is 68.3 cm³/mol. The quantitative estimate of drug-likeness (QED) is 0.833. The minimum atomic E-state index is -4.42. The van der Waals surface area contributed by atoms with Crippen molar-refractivity contribution in [3.05, 3.63) is 24.0 Å². The molecule has 0 atom stereocenters. The van der Waals surface area contributed by atoms with Crippen molar-refractivity contribution in [1.82, 2.24) is 10.3 Å². The van der Waals surface area contributed by atoms with Crippen LogP contribution in [0.5, 0.6) is 0 Å². The first-order valence-corrected chi connectivity index (χ1v) is 5.78. The van der Waals surface area contributed by atoms with E-state index in [0.29, 0.717) is 23.3 Å². The molecule has 0 unspecified atom stereocenters. The molecule has 0 spiro atoms. The summed E-state index contributed by atoms with van der Waals surface area (Å²) in [6.07, 6.45) is -3.32. The molecule has 1 aromatic heterocycles. The van der Waals surface area contributed by atoms with Gasteiger partial charge in [-0.15, -0.1) is 0 Å². The lowest BCUT2D eigenvalue weighted by Crippen LogP contribution is -2.31. The molecule has 1 rings (SSSR count). The average molecular weight is 277 g/mol. The summed E-state index contributed by atoms with van der Waals surface area (Å²) in [5.74, 6) is 0.426. The van der Waals surface area contributed by atoms with Crippen LogP contribution in [0.3, 0.4) is 0 Å². The Balaban J connectivity index is 2.56. The van der Waals surface area contributed by atoms with Crippen LogP contribution in [0.15, 0.2) is 18.3 Å². The van der Waals surface area contributed by atoms with Crippen molar-refractivity contribution in [3.63, 3.8) is 0 Å². The lowest BCUT2D eigenvalue weighted by molar-refractivity contribution is -0.141. The first kappa shape index (κ1) is 14.7. The second kappa shape index (κ2) is 5.99. The maximum Gasteiger partial charge on any atom is 0.433 e. The molecule has 0 aromatic carbocycles. The van der Waals surface area contributed by atoms with Gasteiger partial charge in [-0.2, -0.15) is 13.2 Å². The minimum Gasteiger partial charge on any atom is -0.362 e. The van der Waals surface area contributed by atoms with Crippen molar-refractivity contribution >= 4 is 23.0 Å². The number of hydrogen-bond acceptors (Lipinski definition) is 2. The van der Waals surface area contributed by atoms with Crippen LogP contribution in [-0.4, -0.2) is 16.6 Å². The van der Waals surface area contributed by atoms with Crippen molar-refractivity contribution in [2.24, 2.45) is 5.92 Å². The van der Waals surface area contributed by atoms with Crippen LogP contribution >= 0.6 is 12.2 Å². The molecule has 0 aliphatic rings. The van der Waals surface area contributed by atoms with E-state index in [1.165, 1.54) is 6.07 Å². The van der Waals surface area contributed by atoms with E-state index >= 15 is 0 Å². The summed E-state index contributed by atoms with van der Waals surface area (Å²) >= 11 is 4.99. The van der Waals surface area contributed by atoms with Crippen molar-refractivity contribution < 1.29 is 13.2 Å². The molecule has 1 aromatic rings. The molecule has 0 aliphatic carbocycles. The zero-order valence-electron chi connectivity index (χ0n) is 10.0. The zero-order chi connectivity index (χ0) is 13.8. The number of pyridine rings is 1. The van der Waals surface area contributed by atoms with Gasteiger partial charge in [0, 0.05) is 6.54 Å². The highest BCUT2D eigenvalue weighted by molar-refractivity contribution is 7.80. The lowest BCUT2D eigenvalue weighted by Gasteiger charge is -2.12. The molecule has 2 N–H and O–H groups in total. The van der Waals surface area contributed by atoms with Crippen LogP contribution in [-0.2, 0) is 6.18 Å². The summed E-state index contributed by atoms with van der Waals surface area (Å²) in [4.78, 5) is 3.32. The van der Waals surface area contributed by atoms with Crippen molar-refractivity contribution in [2.75, 3.05) is 11.9 Å². The molecule has 3 nitrogen and oxygen atoms in total. The Hall–Kier alpha value is -1.37. The molecular formula is C11H14F3N3S. The molecule has 0 saturated carbocycles. The van der Waals surface area contributed by atoms with Crippen LogP contribution in [0, 0.1) is 5.92 Å². The van der Waals surface area contributed by atoms with Crippen molar-refractivity contribution in [2.45, 2.75) is 20.0 Å². The number of rotatable bonds is 3. The lowest BCUT2D eigenvalue weighted by atomic mass is 10.2. The Kier molecular flexibility index (Phi) is 4.89. The van der Waals surface area contributed by atoms with E-state index < -0.39 is 11.9 Å². The number of alkyl halides is 3. The number of hydrogen-bond donors (Lipinski definition) is 2. The van der Waals surface area contributed by atoms with Crippen LogP contribution in [0.4, 0.5) is 18.9 Å². The van der Waals surface area contributed by atoms with Gasteiger partial charge in [-0.1, -0.05) is 13.8 Å². The third-order valence-corrected chi connectivity index (χ3v) is 2.23. The summed E-state index contributed by atoms with van der Waals surface area (Å²) in [6, 6.07) is 2.20. The first-order valence-electron chi connectivity index (χ1n) is 5.37. The van der Waals surface area contributed by atoms with Crippen molar-refractivity contribution in [1.29, 1.82) is 0 Å². The molecule has 0 saturated heterocycles. The van der Waals surface area contributed by atoms with E-state index in [2.05, 4.69) is 15.6 Å². The monoisotopic (exact) mass is 277 g/mol. The summed E-state index contributed by atoms with van der Waals surface area (Å²) in [7, 11) is 0. The fourth-order valence-corrected chi connectivity index (χ4v) is 1.31. The smallest absolute Gasteiger partial charge is 0.362 e. The molecule has 18 heavy (non-hydrogen) atoms. The largest absolute Gasteiger partial charge is 0.433 e. The fourth-order valence-electron chi connectivity index (χ4n) is 1.11. The maximum atomic E-state index is 12.3. The second-order valence-electron chi connectivity index (χ2n) is 4.16. The molecule has 7 heteroatoms. The first-order chi connectivity index (χ1) is 8.29. The van der Waals surface area contributed by atoms with Crippen LogP contribution in [0.25, 0.3) is 0 Å². The number of nitrogens with zero attached hydrogens (tertiary/aromatic N) is 1. The number of thiocarbonyl (C=S) groups is 1. The highest BCUT2D eigenvalue weighted by atomic mass is 32.1. The Morgan fingerprint density at radius 3 is 2.50 bits per heavy atom. The second-order valence-corrected chi connectivity index (χ2v) is 4.57. The summed E-state index contributed by atoms with van der Waals surface area (Å²) in [6.45, 7) is 4.74. The van der Waals surface area contributed by atoms with Gasteiger partial charge >= 0.3 is 6.18 Å². The highest BCUT2D eigenvalue weighted by Gasteiger charge is 2.31. The van der Waals surface area contributed by atoms with E-state index in [1.807, 2.05) is 13.8 Å². The van der Waals surface area contributed by atoms with Gasteiger partial charge in [0.1, 0.15) is 5.69 Å². The van der Waals surface area contributed by atoms with Gasteiger partial charge in [-0.25, -0.2) is 4.98 Å². The Bertz CT molecular complexity index is 401. The molecule has 100 valence electrons. The number of halogens is 3.